The van der Waals surface area contributed by atoms with Crippen LogP contribution in [-0.2, 0) is 18.3 Å². The number of nitriles is 1. The summed E-state index contributed by atoms with van der Waals surface area (Å²) in [6, 6.07) is 16.0. The van der Waals surface area contributed by atoms with E-state index in [0.29, 0.717) is 65.6 Å². The normalized spacial score (nSPS) is 22.9. The summed E-state index contributed by atoms with van der Waals surface area (Å²) in [6.45, 7) is 11.6. The van der Waals surface area contributed by atoms with Crippen molar-refractivity contribution in [2.75, 3.05) is 73.6 Å². The van der Waals surface area contributed by atoms with Gasteiger partial charge in [-0.2, -0.15) is 10.4 Å². The molecule has 7 aliphatic rings. The van der Waals surface area contributed by atoms with Gasteiger partial charge in [-0.1, -0.05) is 16.3 Å². The number of anilines is 3. The molecule has 1 spiro atoms. The number of rotatable bonds is 8. The first-order valence-corrected chi connectivity index (χ1v) is 26.2. The number of halogens is 3. The van der Waals surface area contributed by atoms with Crippen LogP contribution in [0.3, 0.4) is 0 Å². The van der Waals surface area contributed by atoms with Gasteiger partial charge in [-0.15, -0.1) is 10.2 Å². The number of fused-ring (bicyclic) bond motifs is 1. The lowest BCUT2D eigenvalue weighted by molar-refractivity contribution is -0.484. The fraction of sp³-hybridized carbons (Fsp3) is 0.537. The molecule has 1 saturated carbocycles. The van der Waals surface area contributed by atoms with Crippen molar-refractivity contribution in [1.29, 1.82) is 5.26 Å². The lowest BCUT2D eigenvalue weighted by Crippen LogP contribution is -2.42. The molecule has 17 heteroatoms. The molecule has 11 rings (SSSR count). The summed E-state index contributed by atoms with van der Waals surface area (Å²) < 4.78 is 39.8. The zero-order valence-corrected chi connectivity index (χ0v) is 41.9. The fourth-order valence-electron chi connectivity index (χ4n) is 12.7. The lowest BCUT2D eigenvalue weighted by atomic mass is 9.77. The molecular formula is C54H64ClF2N12O2+. The number of benzene rings is 2. The molecule has 8 heterocycles. The summed E-state index contributed by atoms with van der Waals surface area (Å²) in [4.78, 5) is 24.1. The van der Waals surface area contributed by atoms with Gasteiger partial charge in [-0.3, -0.25) is 9.48 Å². The van der Waals surface area contributed by atoms with Crippen LogP contribution in [0.4, 0.5) is 26.0 Å². The number of ether oxygens (including phenoxy) is 1. The second-order valence-electron chi connectivity index (χ2n) is 21.2. The third kappa shape index (κ3) is 9.52. The van der Waals surface area contributed by atoms with Crippen LogP contribution in [0, 0.1) is 22.7 Å². The SMILES string of the molecule is CC(=O)N1CCC2=C(C1)C(N1CCCc3cc(-c4cnn(C)c4)c(C(F)F)cc31)=N[N+]2=C1CCC(CN2CCC(Oc3ccc(N4CCC5(CC4)C[C@H](C)N(c4ccc(C#N)c(Cl)c4)C5)nn3)CC2)CC1. The van der Waals surface area contributed by atoms with Crippen LogP contribution in [0.5, 0.6) is 5.88 Å². The summed E-state index contributed by atoms with van der Waals surface area (Å²) in [6.07, 6.45) is 12.6. The van der Waals surface area contributed by atoms with Gasteiger partial charge in [0, 0.05) is 125 Å². The Hall–Kier alpha value is -5.92. The molecule has 6 aliphatic heterocycles. The largest absolute Gasteiger partial charge is 0.473 e. The topological polar surface area (TPSA) is 125 Å². The van der Waals surface area contributed by atoms with E-state index in [1.54, 1.807) is 37.1 Å². The van der Waals surface area contributed by atoms with Gasteiger partial charge in [0.25, 0.3) is 6.43 Å². The number of nitrogens with zero attached hydrogens (tertiary/aromatic N) is 12. The van der Waals surface area contributed by atoms with E-state index < -0.39 is 6.43 Å². The van der Waals surface area contributed by atoms with E-state index in [9.17, 15) is 18.8 Å². The number of carbonyl (C=O) groups excluding carboxylic acids is 1. The minimum atomic E-state index is -2.65. The number of piperidine rings is 2. The zero-order chi connectivity index (χ0) is 49.0. The summed E-state index contributed by atoms with van der Waals surface area (Å²) >= 11 is 6.41. The van der Waals surface area contributed by atoms with Crippen LogP contribution in [0.15, 0.2) is 71.2 Å². The molecule has 2 aromatic heterocycles. The third-order valence-corrected chi connectivity index (χ3v) is 16.9. The van der Waals surface area contributed by atoms with E-state index in [4.69, 9.17) is 21.4 Å². The molecule has 4 aromatic rings. The molecule has 0 radical (unpaired) electrons. The molecule has 1 aliphatic carbocycles. The van der Waals surface area contributed by atoms with Crippen LogP contribution in [-0.4, -0.2) is 123 Å². The van der Waals surface area contributed by atoms with Crippen LogP contribution in [0.2, 0.25) is 5.02 Å². The number of hydrazone groups is 1. The summed E-state index contributed by atoms with van der Waals surface area (Å²) in [7, 11) is 1.80. The summed E-state index contributed by atoms with van der Waals surface area (Å²) in [5, 5.41) is 28.6. The van der Waals surface area contributed by atoms with E-state index in [1.165, 1.54) is 5.71 Å². The molecule has 1 amide bonds. The molecule has 3 saturated heterocycles. The Bertz CT molecular complexity index is 2810. The van der Waals surface area contributed by atoms with Crippen molar-refractivity contribution in [2.24, 2.45) is 23.5 Å². The Kier molecular flexibility index (Phi) is 13.1. The molecule has 14 nitrogen and oxygen atoms in total. The van der Waals surface area contributed by atoms with Crippen molar-refractivity contribution >= 4 is 46.2 Å². The Labute approximate surface area is 420 Å². The highest BCUT2D eigenvalue weighted by Crippen LogP contribution is 2.46. The second kappa shape index (κ2) is 19.6. The van der Waals surface area contributed by atoms with Crippen molar-refractivity contribution in [3.63, 3.8) is 0 Å². The van der Waals surface area contributed by atoms with Gasteiger partial charge in [-0.25, -0.2) is 8.78 Å². The van der Waals surface area contributed by atoms with Gasteiger partial charge >= 0.3 is 0 Å². The standard InChI is InChI=1S/C54H64ClF2N12O2/c1-35-28-54(34-68(35)42-11-8-39(29-58)47(55)26-42)17-23-65(24-18-54)50-12-13-51(61-60-50)71-43-14-20-64(21-15-43)31-37-6-9-41(10-7-37)69-48-16-22-66(36(2)70)33-46(48)53(62-69)67-19-4-5-38-25-44(40-30-59-63(3)32-40)45(52(56)57)27-49(38)67/h8,11-13,25-27,30,32,35,37,43,52H,4-7,9-10,14-24,28,31,33-34H2,1-3H3/q+1/t35-,37?/m0/s1. The van der Waals surface area contributed by atoms with E-state index >= 15 is 0 Å². The maximum absolute atomic E-state index is 14.8. The van der Waals surface area contributed by atoms with Crippen LogP contribution in [0.25, 0.3) is 11.1 Å². The Morgan fingerprint density at radius 3 is 2.48 bits per heavy atom. The minimum absolute atomic E-state index is 0.00439. The smallest absolute Gasteiger partial charge is 0.264 e. The molecule has 372 valence electrons. The first-order valence-electron chi connectivity index (χ1n) is 25.8. The lowest BCUT2D eigenvalue weighted by Gasteiger charge is -2.39. The number of hydrogen-bond acceptors (Lipinski definition) is 11. The first kappa shape index (κ1) is 47.4. The average molecular weight is 987 g/mol. The van der Waals surface area contributed by atoms with Crippen molar-refractivity contribution in [3.05, 3.63) is 87.8 Å². The maximum atomic E-state index is 14.8. The number of aromatic nitrogens is 4. The first-order chi connectivity index (χ1) is 34.4. The van der Waals surface area contributed by atoms with Crippen LogP contribution < -0.4 is 19.4 Å². The number of hydrogen-bond donors (Lipinski definition) is 0. The predicted octanol–water partition coefficient (Wildman–Crippen LogP) is 9.00. The van der Waals surface area contributed by atoms with E-state index in [1.807, 2.05) is 35.2 Å². The summed E-state index contributed by atoms with van der Waals surface area (Å²) in [5.41, 5.74) is 8.35. The number of aryl methyl sites for hydroxylation is 2. The van der Waals surface area contributed by atoms with E-state index in [-0.39, 0.29) is 23.0 Å². The minimum Gasteiger partial charge on any atom is -0.473 e. The van der Waals surface area contributed by atoms with Gasteiger partial charge in [0.15, 0.2) is 11.5 Å². The number of alkyl halides is 2. The zero-order valence-electron chi connectivity index (χ0n) is 41.2. The monoisotopic (exact) mass is 985 g/mol. The molecular weight excluding hydrogens is 922 g/mol. The highest BCUT2D eigenvalue weighted by atomic mass is 35.5. The molecule has 0 bridgehead atoms. The Balaban J connectivity index is 0.684. The number of amidine groups is 1. The van der Waals surface area contributed by atoms with Gasteiger partial charge in [0.1, 0.15) is 12.2 Å². The molecule has 0 N–H and O–H groups in total. The van der Waals surface area contributed by atoms with Crippen molar-refractivity contribution in [2.45, 2.75) is 109 Å². The molecule has 0 unspecified atom stereocenters. The van der Waals surface area contributed by atoms with Gasteiger partial charge < -0.3 is 29.2 Å². The van der Waals surface area contributed by atoms with Crippen molar-refractivity contribution in [3.8, 4) is 23.1 Å². The molecule has 1 atom stereocenters. The number of carbonyl (C=O) groups is 1. The van der Waals surface area contributed by atoms with Crippen molar-refractivity contribution in [1.82, 2.24) is 29.8 Å². The van der Waals surface area contributed by atoms with E-state index in [0.717, 1.165) is 150 Å². The van der Waals surface area contributed by atoms with Gasteiger partial charge in [0.2, 0.25) is 23.3 Å². The third-order valence-electron chi connectivity index (χ3n) is 16.6. The highest BCUT2D eigenvalue weighted by Gasteiger charge is 2.46. The predicted molar refractivity (Wildman–Crippen MR) is 271 cm³/mol. The molecule has 71 heavy (non-hydrogen) atoms. The van der Waals surface area contributed by atoms with Gasteiger partial charge in [0.05, 0.1) is 35.3 Å². The molecule has 2 aromatic carbocycles. The van der Waals surface area contributed by atoms with Crippen molar-refractivity contribution < 1.29 is 23.0 Å². The van der Waals surface area contributed by atoms with E-state index in [2.05, 4.69) is 58.6 Å². The van der Waals surface area contributed by atoms with Gasteiger partial charge in [-0.05, 0) is 124 Å². The number of likely N-dealkylation sites (tertiary alicyclic amines) is 1. The second-order valence-corrected chi connectivity index (χ2v) is 21.6. The average Bonchev–Trinajstić information content (AvgIpc) is 4.09. The Morgan fingerprint density at radius 1 is 0.986 bits per heavy atom. The van der Waals surface area contributed by atoms with Crippen LogP contribution >= 0.6 is 11.6 Å². The fourth-order valence-corrected chi connectivity index (χ4v) is 12.9. The number of amides is 1. The maximum Gasteiger partial charge on any atom is 0.264 e. The molecule has 4 fully saturated rings. The summed E-state index contributed by atoms with van der Waals surface area (Å²) in [5.74, 6) is 2.90. The quantitative estimate of drug-likeness (QED) is 0.158. The Morgan fingerprint density at radius 2 is 1.79 bits per heavy atom. The highest BCUT2D eigenvalue weighted by molar-refractivity contribution is 6.32. The van der Waals surface area contributed by atoms with Crippen LogP contribution in [0.1, 0.15) is 108 Å².